The van der Waals surface area contributed by atoms with Crippen molar-refractivity contribution in [2.45, 2.75) is 19.3 Å². The normalized spacial score (nSPS) is 10.1. The third-order valence-electron chi connectivity index (χ3n) is 2.00. The number of aliphatic carboxylic acids is 1. The number of hydrogen-bond donors (Lipinski definition) is 1. The highest BCUT2D eigenvalue weighted by molar-refractivity contribution is 6.30. The molecule has 5 heteroatoms. The van der Waals surface area contributed by atoms with Crippen LogP contribution in [0.4, 0.5) is 4.39 Å². The van der Waals surface area contributed by atoms with Gasteiger partial charge in [-0.25, -0.2) is 4.39 Å². The fourth-order valence-electron chi connectivity index (χ4n) is 1.21. The first-order valence-electron chi connectivity index (χ1n) is 4.66. The summed E-state index contributed by atoms with van der Waals surface area (Å²) in [5.41, 5.74) is 0.585. The third kappa shape index (κ3) is 3.98. The van der Waals surface area contributed by atoms with Crippen molar-refractivity contribution in [3.8, 4) is 0 Å². The van der Waals surface area contributed by atoms with E-state index >= 15 is 0 Å². The summed E-state index contributed by atoms with van der Waals surface area (Å²) in [4.78, 5) is 21.5. The molecular formula is C11H10ClFO3. The molecule has 0 aromatic heterocycles. The highest BCUT2D eigenvalue weighted by atomic mass is 35.5. The van der Waals surface area contributed by atoms with Crippen LogP contribution < -0.4 is 0 Å². The molecule has 0 unspecified atom stereocenters. The minimum atomic E-state index is -1.01. The molecule has 0 bridgehead atoms. The second kappa shape index (κ2) is 5.61. The summed E-state index contributed by atoms with van der Waals surface area (Å²) < 4.78 is 12.8. The van der Waals surface area contributed by atoms with Crippen LogP contribution in [-0.2, 0) is 16.0 Å². The molecular weight excluding hydrogens is 235 g/mol. The lowest BCUT2D eigenvalue weighted by atomic mass is 10.1. The van der Waals surface area contributed by atoms with Crippen molar-refractivity contribution in [1.29, 1.82) is 0 Å². The molecule has 1 aromatic rings. The SMILES string of the molecule is O=C(O)CCC(=O)Cc1ccc(F)c(Cl)c1. The minimum Gasteiger partial charge on any atom is -0.481 e. The second-order valence-electron chi connectivity index (χ2n) is 3.36. The number of ketones is 1. The van der Waals surface area contributed by atoms with Gasteiger partial charge in [-0.2, -0.15) is 0 Å². The van der Waals surface area contributed by atoms with Gasteiger partial charge in [0.15, 0.2) is 0 Å². The lowest BCUT2D eigenvalue weighted by molar-refractivity contribution is -0.138. The molecule has 86 valence electrons. The molecule has 1 aromatic carbocycles. The van der Waals surface area contributed by atoms with E-state index in [1.54, 1.807) is 0 Å². The van der Waals surface area contributed by atoms with Gasteiger partial charge in [-0.1, -0.05) is 17.7 Å². The number of rotatable bonds is 5. The van der Waals surface area contributed by atoms with Crippen LogP contribution in [0.5, 0.6) is 0 Å². The van der Waals surface area contributed by atoms with Gasteiger partial charge in [-0.3, -0.25) is 9.59 Å². The van der Waals surface area contributed by atoms with E-state index in [0.717, 1.165) is 0 Å². The van der Waals surface area contributed by atoms with Crippen LogP contribution in [0.2, 0.25) is 5.02 Å². The summed E-state index contributed by atoms with van der Waals surface area (Å²) in [6, 6.07) is 4.01. The topological polar surface area (TPSA) is 54.4 Å². The van der Waals surface area contributed by atoms with Crippen molar-refractivity contribution in [3.05, 3.63) is 34.6 Å². The highest BCUT2D eigenvalue weighted by Crippen LogP contribution is 2.16. The van der Waals surface area contributed by atoms with Gasteiger partial charge >= 0.3 is 5.97 Å². The average Bonchev–Trinajstić information content (AvgIpc) is 2.21. The molecule has 0 spiro atoms. The Hall–Kier alpha value is -1.42. The van der Waals surface area contributed by atoms with Crippen LogP contribution in [0.1, 0.15) is 18.4 Å². The first kappa shape index (κ1) is 12.6. The summed E-state index contributed by atoms with van der Waals surface area (Å²) in [5, 5.41) is 8.35. The van der Waals surface area contributed by atoms with Gasteiger partial charge in [0.2, 0.25) is 0 Å². The zero-order valence-corrected chi connectivity index (χ0v) is 9.13. The number of halogens is 2. The number of carboxylic acid groups (broad SMARTS) is 1. The maximum absolute atomic E-state index is 12.8. The van der Waals surface area contributed by atoms with Crippen LogP contribution in [0.3, 0.4) is 0 Å². The number of hydrogen-bond acceptors (Lipinski definition) is 2. The summed E-state index contributed by atoms with van der Waals surface area (Å²) in [7, 11) is 0. The maximum Gasteiger partial charge on any atom is 0.303 e. The van der Waals surface area contributed by atoms with E-state index in [-0.39, 0.29) is 30.1 Å². The Morgan fingerprint density at radius 3 is 2.56 bits per heavy atom. The van der Waals surface area contributed by atoms with Gasteiger partial charge in [0.1, 0.15) is 11.6 Å². The van der Waals surface area contributed by atoms with E-state index in [9.17, 15) is 14.0 Å². The first-order chi connectivity index (χ1) is 7.49. The molecule has 0 fully saturated rings. The van der Waals surface area contributed by atoms with E-state index in [0.29, 0.717) is 5.56 Å². The smallest absolute Gasteiger partial charge is 0.303 e. The van der Waals surface area contributed by atoms with Gasteiger partial charge in [-0.15, -0.1) is 0 Å². The summed E-state index contributed by atoms with van der Waals surface area (Å²) >= 11 is 5.54. The van der Waals surface area contributed by atoms with Crippen molar-refractivity contribution < 1.29 is 19.1 Å². The Morgan fingerprint density at radius 2 is 2.00 bits per heavy atom. The van der Waals surface area contributed by atoms with Crippen LogP contribution in [0, 0.1) is 5.82 Å². The van der Waals surface area contributed by atoms with Gasteiger partial charge in [-0.05, 0) is 17.7 Å². The van der Waals surface area contributed by atoms with Crippen molar-refractivity contribution >= 4 is 23.4 Å². The van der Waals surface area contributed by atoms with Crippen molar-refractivity contribution in [2.24, 2.45) is 0 Å². The number of carbonyl (C=O) groups is 2. The average molecular weight is 245 g/mol. The molecule has 16 heavy (non-hydrogen) atoms. The third-order valence-corrected chi connectivity index (χ3v) is 2.29. The first-order valence-corrected chi connectivity index (χ1v) is 5.04. The molecule has 0 heterocycles. The van der Waals surface area contributed by atoms with Crippen LogP contribution in [-0.4, -0.2) is 16.9 Å². The van der Waals surface area contributed by atoms with Gasteiger partial charge in [0, 0.05) is 12.8 Å². The Kier molecular flexibility index (Phi) is 4.43. The Labute approximate surface area is 96.8 Å². The number of carbonyl (C=O) groups excluding carboxylic acids is 1. The molecule has 0 aliphatic carbocycles. The van der Waals surface area contributed by atoms with Crippen LogP contribution >= 0.6 is 11.6 Å². The molecule has 0 saturated carbocycles. The zero-order valence-electron chi connectivity index (χ0n) is 8.37. The Morgan fingerprint density at radius 1 is 1.31 bits per heavy atom. The van der Waals surface area contributed by atoms with Gasteiger partial charge in [0.25, 0.3) is 0 Å². The summed E-state index contributed by atoms with van der Waals surface area (Å²) in [5.74, 6) is -1.75. The second-order valence-corrected chi connectivity index (χ2v) is 3.76. The molecule has 0 aliphatic rings. The minimum absolute atomic E-state index is 0.0235. The lowest BCUT2D eigenvalue weighted by Crippen LogP contribution is -2.06. The molecule has 1 rings (SSSR count). The molecule has 1 N–H and O–H groups in total. The van der Waals surface area contributed by atoms with Crippen molar-refractivity contribution in [3.63, 3.8) is 0 Å². The molecule has 0 atom stereocenters. The number of carboxylic acids is 1. The predicted octanol–water partition coefficient (Wildman–Crippen LogP) is 2.46. The van der Waals surface area contributed by atoms with Gasteiger partial charge in [0.05, 0.1) is 11.4 Å². The molecule has 3 nitrogen and oxygen atoms in total. The van der Waals surface area contributed by atoms with Crippen LogP contribution in [0.25, 0.3) is 0 Å². The maximum atomic E-state index is 12.8. The fraction of sp³-hybridized carbons (Fsp3) is 0.273. The number of Topliss-reactive ketones (excluding diaryl/α,β-unsaturated/α-hetero) is 1. The summed E-state index contributed by atoms with van der Waals surface area (Å²) in [6.07, 6.45) is -0.134. The Bertz CT molecular complexity index is 418. The van der Waals surface area contributed by atoms with E-state index in [4.69, 9.17) is 16.7 Å². The van der Waals surface area contributed by atoms with Crippen LogP contribution in [0.15, 0.2) is 18.2 Å². The summed E-state index contributed by atoms with van der Waals surface area (Å²) in [6.45, 7) is 0. The molecule has 0 radical (unpaired) electrons. The van der Waals surface area contributed by atoms with E-state index < -0.39 is 11.8 Å². The standard InChI is InChI=1S/C11H10ClFO3/c12-9-6-7(1-3-10(9)13)5-8(14)2-4-11(15)16/h1,3,6H,2,4-5H2,(H,15,16). The quantitative estimate of drug-likeness (QED) is 0.866. The Balaban J connectivity index is 2.56. The largest absolute Gasteiger partial charge is 0.481 e. The van der Waals surface area contributed by atoms with E-state index in [2.05, 4.69) is 0 Å². The fourth-order valence-corrected chi connectivity index (χ4v) is 1.42. The van der Waals surface area contributed by atoms with Crippen molar-refractivity contribution in [1.82, 2.24) is 0 Å². The molecule has 0 amide bonds. The van der Waals surface area contributed by atoms with E-state index in [1.807, 2.05) is 0 Å². The van der Waals surface area contributed by atoms with Gasteiger partial charge < -0.3 is 5.11 Å². The number of benzene rings is 1. The zero-order chi connectivity index (χ0) is 12.1. The van der Waals surface area contributed by atoms with Crippen molar-refractivity contribution in [2.75, 3.05) is 0 Å². The lowest BCUT2D eigenvalue weighted by Gasteiger charge is -2.01. The molecule has 0 aliphatic heterocycles. The van der Waals surface area contributed by atoms with E-state index in [1.165, 1.54) is 18.2 Å². The highest BCUT2D eigenvalue weighted by Gasteiger charge is 2.08. The monoisotopic (exact) mass is 244 g/mol. The molecule has 0 saturated heterocycles. The predicted molar refractivity (Wildman–Crippen MR) is 57.0 cm³/mol.